The van der Waals surface area contributed by atoms with Gasteiger partial charge in [-0.15, -0.1) is 0 Å². The Morgan fingerprint density at radius 1 is 1.20 bits per heavy atom. The van der Waals surface area contributed by atoms with E-state index in [9.17, 15) is 27.6 Å². The fraction of sp³-hybridized carbons (Fsp3) is 0.400. The first-order chi connectivity index (χ1) is 11.7. The minimum Gasteiger partial charge on any atom is -0.418 e. The third kappa shape index (κ3) is 4.69. The van der Waals surface area contributed by atoms with E-state index in [1.807, 2.05) is 0 Å². The van der Waals surface area contributed by atoms with Crippen LogP contribution in [0.25, 0.3) is 0 Å². The number of alkyl halides is 3. The zero-order valence-corrected chi connectivity index (χ0v) is 13.0. The molecule has 2 rings (SSSR count). The minimum atomic E-state index is -5.22. The highest BCUT2D eigenvalue weighted by atomic mass is 19.4. The van der Waals surface area contributed by atoms with Crippen molar-refractivity contribution in [3.8, 4) is 5.75 Å². The van der Waals surface area contributed by atoms with Crippen LogP contribution in [0.1, 0.15) is 23.2 Å². The molecule has 0 atom stereocenters. The molecule has 0 saturated carbocycles. The van der Waals surface area contributed by atoms with Crippen LogP contribution in [0, 0.1) is 5.92 Å². The van der Waals surface area contributed by atoms with Crippen molar-refractivity contribution in [2.75, 3.05) is 18.4 Å². The molecule has 0 aliphatic carbocycles. The fourth-order valence-electron chi connectivity index (χ4n) is 2.42. The average molecular weight is 359 g/mol. The number of ether oxygens (including phenoxy) is 1. The number of carbonyl (C=O) groups excluding carboxylic acids is 3. The van der Waals surface area contributed by atoms with Crippen molar-refractivity contribution in [2.45, 2.75) is 19.0 Å². The normalized spacial score (nSPS) is 15.5. The van der Waals surface area contributed by atoms with Gasteiger partial charge in [-0.25, -0.2) is 4.79 Å². The molecule has 1 fully saturated rings. The van der Waals surface area contributed by atoms with E-state index >= 15 is 0 Å². The molecule has 0 spiro atoms. The van der Waals surface area contributed by atoms with E-state index in [1.54, 1.807) is 0 Å². The molecule has 1 saturated heterocycles. The van der Waals surface area contributed by atoms with E-state index in [2.05, 4.69) is 15.4 Å². The lowest BCUT2D eigenvalue weighted by Gasteiger charge is -2.23. The third-order valence-corrected chi connectivity index (χ3v) is 3.68. The van der Waals surface area contributed by atoms with Gasteiger partial charge >= 0.3 is 12.1 Å². The maximum atomic E-state index is 12.4. The summed E-state index contributed by atoms with van der Waals surface area (Å²) in [6, 6.07) is 3.44. The van der Waals surface area contributed by atoms with Gasteiger partial charge in [-0.05, 0) is 38.1 Å². The van der Waals surface area contributed by atoms with Gasteiger partial charge in [0.15, 0.2) is 5.75 Å². The van der Waals surface area contributed by atoms with Crippen LogP contribution in [-0.2, 0) is 9.59 Å². The van der Waals surface area contributed by atoms with Crippen molar-refractivity contribution in [2.24, 2.45) is 11.7 Å². The van der Waals surface area contributed by atoms with Crippen molar-refractivity contribution in [3.63, 3.8) is 0 Å². The number of para-hydroxylation sites is 1. The van der Waals surface area contributed by atoms with Crippen molar-refractivity contribution in [1.82, 2.24) is 5.32 Å². The van der Waals surface area contributed by atoms with Crippen molar-refractivity contribution < 1.29 is 32.3 Å². The Hall–Kier alpha value is -2.62. The predicted molar refractivity (Wildman–Crippen MR) is 80.9 cm³/mol. The lowest BCUT2D eigenvalue weighted by Crippen LogP contribution is -2.35. The van der Waals surface area contributed by atoms with Crippen LogP contribution in [0.15, 0.2) is 18.2 Å². The summed E-state index contributed by atoms with van der Waals surface area (Å²) in [6.07, 6.45) is -4.16. The predicted octanol–water partition coefficient (Wildman–Crippen LogP) is 1.19. The number of amides is 2. The molecule has 0 unspecified atom stereocenters. The zero-order valence-electron chi connectivity index (χ0n) is 13.0. The van der Waals surface area contributed by atoms with Gasteiger partial charge in [-0.1, -0.05) is 6.07 Å². The summed E-state index contributed by atoms with van der Waals surface area (Å²) in [7, 11) is 0. The largest absolute Gasteiger partial charge is 0.491 e. The molecule has 2 amide bonds. The van der Waals surface area contributed by atoms with E-state index in [-0.39, 0.29) is 17.2 Å². The molecule has 1 aromatic carbocycles. The number of benzene rings is 1. The van der Waals surface area contributed by atoms with Crippen LogP contribution in [0.5, 0.6) is 5.75 Å². The van der Waals surface area contributed by atoms with Crippen LogP contribution in [0.3, 0.4) is 0 Å². The maximum Gasteiger partial charge on any atom is 0.491 e. The van der Waals surface area contributed by atoms with Gasteiger partial charge in [0.2, 0.25) is 5.91 Å². The quantitative estimate of drug-likeness (QED) is 0.552. The Kier molecular flexibility index (Phi) is 5.62. The van der Waals surface area contributed by atoms with Crippen molar-refractivity contribution in [3.05, 3.63) is 23.8 Å². The minimum absolute atomic E-state index is 0.255. The van der Waals surface area contributed by atoms with Gasteiger partial charge in [0.1, 0.15) is 0 Å². The van der Waals surface area contributed by atoms with Crippen LogP contribution in [0.4, 0.5) is 18.9 Å². The smallest absolute Gasteiger partial charge is 0.418 e. The van der Waals surface area contributed by atoms with E-state index in [1.165, 1.54) is 12.1 Å². The summed E-state index contributed by atoms with van der Waals surface area (Å²) in [6.45, 7) is 1.23. The molecule has 25 heavy (non-hydrogen) atoms. The van der Waals surface area contributed by atoms with E-state index in [4.69, 9.17) is 5.73 Å². The molecule has 1 heterocycles. The molecule has 1 aliphatic rings. The standard InChI is InChI=1S/C15H16F3N3O4/c16-15(17,18)14(24)25-10-3-1-2-9(12(19)22)11(10)21-13(23)8-4-6-20-7-5-8/h1-3,8,20H,4-7H2,(H2,19,22)(H,21,23). The summed E-state index contributed by atoms with van der Waals surface area (Å²) in [5.41, 5.74) is 4.59. The Morgan fingerprint density at radius 3 is 2.40 bits per heavy atom. The summed E-state index contributed by atoms with van der Waals surface area (Å²) in [4.78, 5) is 34.9. The highest BCUT2D eigenvalue weighted by Crippen LogP contribution is 2.31. The fourth-order valence-corrected chi connectivity index (χ4v) is 2.42. The molecule has 4 N–H and O–H groups in total. The number of anilines is 1. The number of rotatable bonds is 4. The number of nitrogens with one attached hydrogen (secondary N) is 2. The first-order valence-electron chi connectivity index (χ1n) is 7.43. The molecular weight excluding hydrogens is 343 g/mol. The second-order valence-corrected chi connectivity index (χ2v) is 5.44. The van der Waals surface area contributed by atoms with Crippen LogP contribution in [-0.4, -0.2) is 37.0 Å². The van der Waals surface area contributed by atoms with Crippen LogP contribution in [0.2, 0.25) is 0 Å². The molecule has 0 bridgehead atoms. The molecule has 1 aromatic rings. The number of hydrogen-bond acceptors (Lipinski definition) is 5. The topological polar surface area (TPSA) is 111 Å². The van der Waals surface area contributed by atoms with Gasteiger partial charge in [0, 0.05) is 5.92 Å². The van der Waals surface area contributed by atoms with Crippen molar-refractivity contribution in [1.29, 1.82) is 0 Å². The zero-order chi connectivity index (χ0) is 18.6. The summed E-state index contributed by atoms with van der Waals surface area (Å²) >= 11 is 0. The van der Waals surface area contributed by atoms with E-state index in [0.29, 0.717) is 25.9 Å². The SMILES string of the molecule is NC(=O)c1cccc(OC(=O)C(F)(F)F)c1NC(=O)C1CCNCC1. The van der Waals surface area contributed by atoms with Crippen LogP contribution >= 0.6 is 0 Å². The van der Waals surface area contributed by atoms with Gasteiger partial charge in [-0.2, -0.15) is 13.2 Å². The number of esters is 1. The Labute approximate surface area is 140 Å². The highest BCUT2D eigenvalue weighted by Gasteiger charge is 2.42. The number of piperidine rings is 1. The average Bonchev–Trinajstić information content (AvgIpc) is 2.55. The molecule has 7 nitrogen and oxygen atoms in total. The summed E-state index contributed by atoms with van der Waals surface area (Å²) < 4.78 is 41.5. The Balaban J connectivity index is 2.31. The molecule has 0 radical (unpaired) electrons. The molecular formula is C15H16F3N3O4. The van der Waals surface area contributed by atoms with Gasteiger partial charge in [-0.3, -0.25) is 9.59 Å². The summed E-state index contributed by atoms with van der Waals surface area (Å²) in [5, 5.41) is 5.44. The number of primary amides is 1. The van der Waals surface area contributed by atoms with Gasteiger partial charge < -0.3 is 21.1 Å². The third-order valence-electron chi connectivity index (χ3n) is 3.68. The van der Waals surface area contributed by atoms with Crippen LogP contribution < -0.4 is 21.1 Å². The molecule has 10 heteroatoms. The molecule has 1 aliphatic heterocycles. The Bertz CT molecular complexity index is 685. The molecule has 136 valence electrons. The van der Waals surface area contributed by atoms with E-state index in [0.717, 1.165) is 6.07 Å². The highest BCUT2D eigenvalue weighted by molar-refractivity contribution is 6.05. The van der Waals surface area contributed by atoms with Gasteiger partial charge in [0.25, 0.3) is 5.91 Å². The second kappa shape index (κ2) is 7.51. The maximum absolute atomic E-state index is 12.4. The lowest BCUT2D eigenvalue weighted by atomic mass is 9.97. The number of hydrogen-bond donors (Lipinski definition) is 3. The second-order valence-electron chi connectivity index (χ2n) is 5.44. The van der Waals surface area contributed by atoms with E-state index < -0.39 is 29.7 Å². The molecule has 0 aromatic heterocycles. The first kappa shape index (κ1) is 18.7. The number of halogens is 3. The first-order valence-corrected chi connectivity index (χ1v) is 7.43. The van der Waals surface area contributed by atoms with Gasteiger partial charge in [0.05, 0.1) is 11.3 Å². The Morgan fingerprint density at radius 2 is 1.84 bits per heavy atom. The summed E-state index contributed by atoms with van der Waals surface area (Å²) in [5.74, 6) is -4.91. The monoisotopic (exact) mass is 359 g/mol. The lowest BCUT2D eigenvalue weighted by molar-refractivity contribution is -0.189. The number of nitrogens with two attached hydrogens (primary N) is 1. The van der Waals surface area contributed by atoms with Crippen molar-refractivity contribution >= 4 is 23.5 Å². The number of carbonyl (C=O) groups is 3.